The van der Waals surface area contributed by atoms with Crippen LogP contribution in [-0.2, 0) is 16.1 Å². The molecule has 1 aromatic heterocycles. The summed E-state index contributed by atoms with van der Waals surface area (Å²) in [7, 11) is 0. The molecular weight excluding hydrogens is 278 g/mol. The number of thiazole rings is 1. The van der Waals surface area contributed by atoms with Gasteiger partial charge in [0, 0.05) is 23.7 Å². The topological polar surface area (TPSA) is 71.4 Å². The number of rotatable bonds is 6. The Hall–Kier alpha value is -1.63. The first-order valence-corrected chi connectivity index (χ1v) is 7.45. The van der Waals surface area contributed by atoms with Gasteiger partial charge in [-0.05, 0) is 27.7 Å². The summed E-state index contributed by atoms with van der Waals surface area (Å²) in [6, 6.07) is 0.0399. The molecule has 0 saturated carbocycles. The smallest absolute Gasteiger partial charge is 0.307 e. The van der Waals surface area contributed by atoms with Crippen molar-refractivity contribution in [1.82, 2.24) is 14.8 Å². The van der Waals surface area contributed by atoms with Crippen LogP contribution in [0.4, 0.5) is 0 Å². The predicted octanol–water partition coefficient (Wildman–Crippen LogP) is 0.591. The Labute approximate surface area is 122 Å². The van der Waals surface area contributed by atoms with Crippen molar-refractivity contribution in [2.75, 3.05) is 13.1 Å². The van der Waals surface area contributed by atoms with Crippen molar-refractivity contribution >= 4 is 23.2 Å². The lowest BCUT2D eigenvalue weighted by molar-refractivity contribution is -0.136. The zero-order valence-electron chi connectivity index (χ0n) is 12.3. The van der Waals surface area contributed by atoms with Gasteiger partial charge in [-0.1, -0.05) is 11.3 Å². The number of nitrogens with zero attached hydrogens (tertiary/aromatic N) is 2. The van der Waals surface area contributed by atoms with Gasteiger partial charge in [0.25, 0.3) is 0 Å². The Morgan fingerprint density at radius 1 is 1.45 bits per heavy atom. The van der Waals surface area contributed by atoms with Crippen LogP contribution in [0.15, 0.2) is 10.2 Å². The number of aryl methyl sites for hydroxylation is 1. The molecule has 0 aliphatic rings. The number of hydrogen-bond acceptors (Lipinski definition) is 4. The average Bonchev–Trinajstić information content (AvgIpc) is 2.66. The molecule has 20 heavy (non-hydrogen) atoms. The molecule has 6 nitrogen and oxygen atoms in total. The van der Waals surface area contributed by atoms with E-state index in [-0.39, 0.29) is 35.8 Å². The summed E-state index contributed by atoms with van der Waals surface area (Å²) >= 11 is 1.07. The van der Waals surface area contributed by atoms with Gasteiger partial charge in [-0.25, -0.2) is 0 Å². The highest BCUT2D eigenvalue weighted by Gasteiger charge is 2.17. The lowest BCUT2D eigenvalue weighted by Crippen LogP contribution is -2.44. The Balaban J connectivity index is 2.68. The van der Waals surface area contributed by atoms with Crippen molar-refractivity contribution in [3.8, 4) is 0 Å². The summed E-state index contributed by atoms with van der Waals surface area (Å²) < 4.78 is 1.43. The van der Waals surface area contributed by atoms with Gasteiger partial charge in [0.1, 0.15) is 6.54 Å². The first kappa shape index (κ1) is 16.4. The fraction of sp³-hybridized carbons (Fsp3) is 0.615. The molecule has 0 radical (unpaired) electrons. The zero-order chi connectivity index (χ0) is 15.3. The van der Waals surface area contributed by atoms with E-state index >= 15 is 0 Å². The van der Waals surface area contributed by atoms with Crippen LogP contribution < -0.4 is 10.2 Å². The normalized spacial score (nSPS) is 10.7. The van der Waals surface area contributed by atoms with Crippen LogP contribution in [0.25, 0.3) is 0 Å². The quantitative estimate of drug-likeness (QED) is 0.836. The van der Waals surface area contributed by atoms with Crippen molar-refractivity contribution in [2.45, 2.75) is 40.3 Å². The minimum absolute atomic E-state index is 0.0169. The van der Waals surface area contributed by atoms with E-state index in [4.69, 9.17) is 0 Å². The third-order valence-corrected chi connectivity index (χ3v) is 3.67. The maximum absolute atomic E-state index is 12.2. The molecular formula is C13H21N3O3S. The van der Waals surface area contributed by atoms with Crippen molar-refractivity contribution in [2.24, 2.45) is 0 Å². The molecule has 0 aliphatic heterocycles. The molecule has 2 amide bonds. The standard InChI is InChI=1S/C13H21N3O3S/c1-5-15(6-11(17)14-9(2)3)12(18)7-16-10(4)8-20-13(16)19/h8-9H,5-7H2,1-4H3,(H,14,17). The van der Waals surface area contributed by atoms with Crippen molar-refractivity contribution in [1.29, 1.82) is 0 Å². The molecule has 1 aromatic rings. The highest BCUT2D eigenvalue weighted by atomic mass is 32.1. The van der Waals surface area contributed by atoms with Crippen LogP contribution in [0.5, 0.6) is 0 Å². The number of nitrogens with one attached hydrogen (secondary N) is 1. The zero-order valence-corrected chi connectivity index (χ0v) is 13.1. The Kier molecular flexibility index (Phi) is 5.94. The van der Waals surface area contributed by atoms with E-state index in [1.807, 2.05) is 20.8 Å². The molecule has 112 valence electrons. The van der Waals surface area contributed by atoms with Crippen molar-refractivity contribution in [3.63, 3.8) is 0 Å². The minimum Gasteiger partial charge on any atom is -0.352 e. The summed E-state index contributed by atoms with van der Waals surface area (Å²) in [5.74, 6) is -0.417. The summed E-state index contributed by atoms with van der Waals surface area (Å²) in [5.41, 5.74) is 0.760. The van der Waals surface area contributed by atoms with E-state index in [1.54, 1.807) is 12.3 Å². The maximum atomic E-state index is 12.2. The number of hydrogen-bond donors (Lipinski definition) is 1. The molecule has 0 fully saturated rings. The number of likely N-dealkylation sites (N-methyl/N-ethyl adjacent to an activating group) is 1. The third-order valence-electron chi connectivity index (χ3n) is 2.79. The first-order chi connectivity index (χ1) is 9.35. The lowest BCUT2D eigenvalue weighted by Gasteiger charge is -2.21. The molecule has 0 spiro atoms. The Morgan fingerprint density at radius 3 is 2.55 bits per heavy atom. The second-order valence-electron chi connectivity index (χ2n) is 4.86. The van der Waals surface area contributed by atoms with Gasteiger partial charge in [-0.3, -0.25) is 19.0 Å². The van der Waals surface area contributed by atoms with Crippen LogP contribution in [0.2, 0.25) is 0 Å². The van der Waals surface area contributed by atoms with E-state index in [2.05, 4.69) is 5.32 Å². The molecule has 0 unspecified atom stereocenters. The van der Waals surface area contributed by atoms with Gasteiger partial charge >= 0.3 is 4.87 Å². The van der Waals surface area contributed by atoms with Gasteiger partial charge in [-0.15, -0.1) is 0 Å². The summed E-state index contributed by atoms with van der Waals surface area (Å²) in [6.07, 6.45) is 0. The lowest BCUT2D eigenvalue weighted by atomic mass is 10.3. The van der Waals surface area contributed by atoms with Crippen molar-refractivity contribution in [3.05, 3.63) is 20.7 Å². The van der Waals surface area contributed by atoms with Crippen LogP contribution >= 0.6 is 11.3 Å². The highest BCUT2D eigenvalue weighted by Crippen LogP contribution is 2.01. The molecule has 1 heterocycles. The molecule has 0 bridgehead atoms. The molecule has 7 heteroatoms. The second-order valence-corrected chi connectivity index (χ2v) is 5.68. The van der Waals surface area contributed by atoms with Crippen LogP contribution in [0, 0.1) is 6.92 Å². The van der Waals surface area contributed by atoms with Gasteiger partial charge in [0.15, 0.2) is 0 Å². The van der Waals surface area contributed by atoms with Crippen molar-refractivity contribution < 1.29 is 9.59 Å². The maximum Gasteiger partial charge on any atom is 0.307 e. The van der Waals surface area contributed by atoms with Crippen LogP contribution in [-0.4, -0.2) is 40.4 Å². The first-order valence-electron chi connectivity index (χ1n) is 6.57. The fourth-order valence-electron chi connectivity index (χ4n) is 1.75. The second kappa shape index (κ2) is 7.23. The largest absolute Gasteiger partial charge is 0.352 e. The molecule has 0 aromatic carbocycles. The molecule has 0 atom stereocenters. The van der Waals surface area contributed by atoms with E-state index in [9.17, 15) is 14.4 Å². The summed E-state index contributed by atoms with van der Waals surface area (Å²) in [6.45, 7) is 7.76. The molecule has 1 N–H and O–H groups in total. The number of carbonyl (C=O) groups is 2. The number of aromatic nitrogens is 1. The summed E-state index contributed by atoms with van der Waals surface area (Å²) in [5, 5.41) is 4.46. The number of carbonyl (C=O) groups excluding carboxylic acids is 2. The summed E-state index contributed by atoms with van der Waals surface area (Å²) in [4.78, 5) is 36.7. The molecule has 0 saturated heterocycles. The monoisotopic (exact) mass is 299 g/mol. The van der Waals surface area contributed by atoms with Gasteiger partial charge < -0.3 is 10.2 Å². The van der Waals surface area contributed by atoms with Crippen LogP contribution in [0.1, 0.15) is 26.5 Å². The van der Waals surface area contributed by atoms with E-state index in [0.717, 1.165) is 17.0 Å². The van der Waals surface area contributed by atoms with Crippen LogP contribution in [0.3, 0.4) is 0 Å². The predicted molar refractivity (Wildman–Crippen MR) is 78.8 cm³/mol. The highest BCUT2D eigenvalue weighted by molar-refractivity contribution is 7.07. The van der Waals surface area contributed by atoms with Gasteiger partial charge in [0.2, 0.25) is 11.8 Å². The molecule has 0 aliphatic carbocycles. The van der Waals surface area contributed by atoms with E-state index in [1.165, 1.54) is 9.47 Å². The Bertz CT molecular complexity index is 533. The van der Waals surface area contributed by atoms with E-state index < -0.39 is 0 Å². The number of amides is 2. The minimum atomic E-state index is -0.227. The van der Waals surface area contributed by atoms with Gasteiger partial charge in [-0.2, -0.15) is 0 Å². The SMILES string of the molecule is CCN(CC(=O)NC(C)C)C(=O)Cn1c(C)csc1=O. The van der Waals surface area contributed by atoms with E-state index in [0.29, 0.717) is 6.54 Å². The van der Waals surface area contributed by atoms with Gasteiger partial charge in [0.05, 0.1) is 6.54 Å². The third kappa shape index (κ3) is 4.48. The Morgan fingerprint density at radius 2 is 2.10 bits per heavy atom. The fourth-order valence-corrected chi connectivity index (χ4v) is 2.48. The molecule has 1 rings (SSSR count). The average molecular weight is 299 g/mol.